The van der Waals surface area contributed by atoms with Crippen LogP contribution >= 0.6 is 0 Å². The molecule has 11 nitrogen and oxygen atoms in total. The summed E-state index contributed by atoms with van der Waals surface area (Å²) in [5.74, 6) is -1.38. The molecule has 6 rings (SSSR count). The van der Waals surface area contributed by atoms with Crippen LogP contribution in [0, 0.1) is 28.6 Å². The topological polar surface area (TPSA) is 186 Å². The summed E-state index contributed by atoms with van der Waals surface area (Å²) in [5.41, 5.74) is -3.43. The fraction of sp³-hybridized carbons (Fsp3) is 0.897. The van der Waals surface area contributed by atoms with Gasteiger partial charge in [-0.15, -0.1) is 0 Å². The van der Waals surface area contributed by atoms with Crippen molar-refractivity contribution >= 4 is 5.97 Å². The molecule has 0 aromatic rings. The quantitative estimate of drug-likeness (QED) is 0.171. The Kier molecular flexibility index (Phi) is 7.01. The van der Waals surface area contributed by atoms with Gasteiger partial charge in [0.15, 0.2) is 6.29 Å². The van der Waals surface area contributed by atoms with Gasteiger partial charge in [0.2, 0.25) is 0 Å². The van der Waals surface area contributed by atoms with Gasteiger partial charge < -0.3 is 50.0 Å². The van der Waals surface area contributed by atoms with Crippen molar-refractivity contribution in [1.29, 1.82) is 0 Å². The molecule has 1 saturated heterocycles. The molecule has 4 saturated carbocycles. The van der Waals surface area contributed by atoms with Gasteiger partial charge in [0, 0.05) is 29.2 Å². The van der Waals surface area contributed by atoms with Gasteiger partial charge in [-0.3, -0.25) is 0 Å². The minimum atomic E-state index is -1.46. The molecule has 226 valence electrons. The summed E-state index contributed by atoms with van der Waals surface area (Å²) >= 11 is 0. The Hall–Kier alpha value is -1.15. The van der Waals surface area contributed by atoms with Gasteiger partial charge in [0.05, 0.1) is 36.1 Å². The Balaban J connectivity index is 1.25. The molecule has 14 atom stereocenters. The lowest BCUT2D eigenvalue weighted by Gasteiger charge is -2.67. The molecule has 0 spiro atoms. The number of hydrogen-bond donors (Lipinski definition) is 7. The van der Waals surface area contributed by atoms with Gasteiger partial charge in [-0.05, 0) is 69.3 Å². The molecule has 40 heavy (non-hydrogen) atoms. The van der Waals surface area contributed by atoms with E-state index in [9.17, 15) is 40.5 Å². The molecule has 0 amide bonds. The second-order valence-corrected chi connectivity index (χ2v) is 13.7. The third-order valence-corrected chi connectivity index (χ3v) is 12.1. The maximum absolute atomic E-state index is 12.4. The summed E-state index contributed by atoms with van der Waals surface area (Å²) in [6.45, 7) is 3.41. The summed E-state index contributed by atoms with van der Waals surface area (Å²) in [6.07, 6.45) is -2.94. The van der Waals surface area contributed by atoms with Crippen molar-refractivity contribution in [3.8, 4) is 0 Å². The molecular formula is C29H44O11. The number of aliphatic hydroxyl groups excluding tert-OH is 5. The normalized spacial score (nSPS) is 56.1. The molecule has 2 heterocycles. The number of hydrogen-bond acceptors (Lipinski definition) is 11. The van der Waals surface area contributed by atoms with Crippen LogP contribution in [0.1, 0.15) is 65.2 Å². The van der Waals surface area contributed by atoms with Crippen LogP contribution in [0.25, 0.3) is 0 Å². The van der Waals surface area contributed by atoms with Gasteiger partial charge in [-0.25, -0.2) is 4.79 Å². The zero-order valence-electron chi connectivity index (χ0n) is 23.2. The molecule has 2 aliphatic heterocycles. The van der Waals surface area contributed by atoms with Crippen LogP contribution in [0.3, 0.4) is 0 Å². The first-order valence-corrected chi connectivity index (χ1v) is 14.8. The zero-order valence-corrected chi connectivity index (χ0v) is 23.2. The van der Waals surface area contributed by atoms with Crippen LogP contribution in [0.5, 0.6) is 0 Å². The molecule has 0 aromatic heterocycles. The van der Waals surface area contributed by atoms with Crippen molar-refractivity contribution in [1.82, 2.24) is 0 Å². The smallest absolute Gasteiger partial charge is 0.331 e. The highest BCUT2D eigenvalue weighted by atomic mass is 16.7. The Bertz CT molecular complexity index is 1050. The second-order valence-electron chi connectivity index (χ2n) is 13.7. The van der Waals surface area contributed by atoms with E-state index in [-0.39, 0.29) is 43.9 Å². The predicted molar refractivity (Wildman–Crippen MR) is 137 cm³/mol. The summed E-state index contributed by atoms with van der Waals surface area (Å²) in [6, 6.07) is 0. The van der Waals surface area contributed by atoms with Gasteiger partial charge in [0.1, 0.15) is 24.9 Å². The third-order valence-electron chi connectivity index (χ3n) is 12.1. The van der Waals surface area contributed by atoms with Gasteiger partial charge in [0.25, 0.3) is 0 Å². The average molecular weight is 569 g/mol. The highest BCUT2D eigenvalue weighted by Crippen LogP contribution is 2.70. The largest absolute Gasteiger partial charge is 0.458 e. The van der Waals surface area contributed by atoms with Crippen molar-refractivity contribution in [3.63, 3.8) is 0 Å². The van der Waals surface area contributed by atoms with Crippen LogP contribution < -0.4 is 0 Å². The van der Waals surface area contributed by atoms with E-state index < -0.39 is 70.9 Å². The summed E-state index contributed by atoms with van der Waals surface area (Å²) in [7, 11) is 0. The second kappa shape index (κ2) is 9.68. The van der Waals surface area contributed by atoms with Gasteiger partial charge in [-0.2, -0.15) is 0 Å². The lowest BCUT2D eigenvalue weighted by atomic mass is 9.40. The maximum atomic E-state index is 12.4. The minimum absolute atomic E-state index is 0.104. The monoisotopic (exact) mass is 568 g/mol. The number of carbonyl (C=O) groups excluding carboxylic acids is 1. The van der Waals surface area contributed by atoms with Crippen molar-refractivity contribution in [3.05, 3.63) is 11.6 Å². The molecule has 5 fully saturated rings. The van der Waals surface area contributed by atoms with E-state index >= 15 is 0 Å². The lowest BCUT2D eigenvalue weighted by Crippen LogP contribution is -2.72. The minimum Gasteiger partial charge on any atom is -0.458 e. The van der Waals surface area contributed by atoms with Crippen LogP contribution in [0.2, 0.25) is 0 Å². The molecular weight excluding hydrogens is 524 g/mol. The lowest BCUT2D eigenvalue weighted by molar-refractivity contribution is -0.327. The number of carbonyl (C=O) groups is 1. The number of cyclic esters (lactones) is 1. The van der Waals surface area contributed by atoms with E-state index in [0.717, 1.165) is 5.57 Å². The van der Waals surface area contributed by atoms with E-state index in [4.69, 9.17) is 14.2 Å². The first kappa shape index (κ1) is 28.9. The summed E-state index contributed by atoms with van der Waals surface area (Å²) < 4.78 is 16.8. The fourth-order valence-corrected chi connectivity index (χ4v) is 10.0. The van der Waals surface area contributed by atoms with Crippen LogP contribution in [-0.4, -0.2) is 109 Å². The average Bonchev–Trinajstić information content (AvgIpc) is 3.45. The fourth-order valence-electron chi connectivity index (χ4n) is 10.0. The third kappa shape index (κ3) is 3.85. The van der Waals surface area contributed by atoms with Crippen molar-refractivity contribution in [2.45, 2.75) is 119 Å². The number of aliphatic hydroxyl groups is 7. The number of ether oxygens (including phenoxy) is 3. The molecule has 0 radical (unpaired) electrons. The summed E-state index contributed by atoms with van der Waals surface area (Å²) in [5, 5.41) is 77.8. The van der Waals surface area contributed by atoms with Crippen LogP contribution in [0.4, 0.5) is 0 Å². The molecule has 7 N–H and O–H groups in total. The van der Waals surface area contributed by atoms with Gasteiger partial charge >= 0.3 is 5.97 Å². The molecule has 0 aromatic carbocycles. The standard InChI is InChI=1S/C29H44O11/c1-14-22(33)23(34)24(35)25(39-14)40-16-3-6-27(13-30)21-18(4-7-28(27,36)10-16)29(37)8-5-17(15-9-20(32)38-12-15)26(29,2)11-19(21)31/h9,14,16-19,21-25,30-31,33-37H,3-8,10-13H2,1-2H3. The highest BCUT2D eigenvalue weighted by molar-refractivity contribution is 5.85. The summed E-state index contributed by atoms with van der Waals surface area (Å²) in [4.78, 5) is 11.8. The van der Waals surface area contributed by atoms with Gasteiger partial charge in [-0.1, -0.05) is 6.92 Å². The predicted octanol–water partition coefficient (Wildman–Crippen LogP) is -0.486. The van der Waals surface area contributed by atoms with Crippen molar-refractivity contribution < 1.29 is 54.8 Å². The molecule has 11 heteroatoms. The highest BCUT2D eigenvalue weighted by Gasteiger charge is 2.73. The molecule has 6 aliphatic rings. The van der Waals surface area contributed by atoms with E-state index in [0.29, 0.717) is 38.5 Å². The van der Waals surface area contributed by atoms with Crippen molar-refractivity contribution in [2.75, 3.05) is 13.2 Å². The van der Waals surface area contributed by atoms with Crippen LogP contribution in [0.15, 0.2) is 11.6 Å². The first-order valence-electron chi connectivity index (χ1n) is 14.8. The number of rotatable bonds is 4. The molecule has 0 bridgehead atoms. The Morgan fingerprint density at radius 1 is 1.00 bits per heavy atom. The molecule has 4 aliphatic carbocycles. The SMILES string of the molecule is CC1OC(OC2CCC3(CO)C4C(O)CC5(C)C(C6=CC(=O)OC6)CCC5(O)C4CCC3(O)C2)C(O)C(O)C1O. The van der Waals surface area contributed by atoms with Crippen LogP contribution in [-0.2, 0) is 19.0 Å². The maximum Gasteiger partial charge on any atom is 0.331 e. The number of esters is 1. The zero-order chi connectivity index (χ0) is 28.8. The van der Waals surface area contributed by atoms with Crippen molar-refractivity contribution in [2.24, 2.45) is 28.6 Å². The Morgan fingerprint density at radius 3 is 2.42 bits per heavy atom. The Morgan fingerprint density at radius 2 is 1.75 bits per heavy atom. The van der Waals surface area contributed by atoms with E-state index in [2.05, 4.69) is 0 Å². The Labute approximate surface area is 233 Å². The molecule has 14 unspecified atom stereocenters. The van der Waals surface area contributed by atoms with E-state index in [1.807, 2.05) is 6.92 Å². The van der Waals surface area contributed by atoms with E-state index in [1.165, 1.54) is 6.08 Å². The first-order chi connectivity index (χ1) is 18.8. The number of fused-ring (bicyclic) bond motifs is 5. The van der Waals surface area contributed by atoms with E-state index in [1.54, 1.807) is 6.92 Å².